The van der Waals surface area contributed by atoms with Gasteiger partial charge in [-0.2, -0.15) is 0 Å². The van der Waals surface area contributed by atoms with Gasteiger partial charge in [-0.15, -0.1) is 0 Å². The molecule has 0 aromatic heterocycles. The van der Waals surface area contributed by atoms with Gasteiger partial charge in [0.2, 0.25) is 5.91 Å². The first-order valence-electron chi connectivity index (χ1n) is 8.92. The van der Waals surface area contributed by atoms with Crippen LogP contribution in [0.25, 0.3) is 0 Å². The molecule has 1 amide bonds. The van der Waals surface area contributed by atoms with Crippen molar-refractivity contribution in [3.63, 3.8) is 0 Å². The molecule has 2 aromatic rings. The smallest absolute Gasteiger partial charge is 0.221 e. The highest BCUT2D eigenvalue weighted by atomic mass is 16.5. The monoisotopic (exact) mass is 338 g/mol. The fraction of sp³-hybridized carbons (Fsp3) is 0.381. The molecule has 3 rings (SSSR count). The third kappa shape index (κ3) is 3.95. The van der Waals surface area contributed by atoms with Crippen LogP contribution in [0.15, 0.2) is 48.5 Å². The first-order valence-corrected chi connectivity index (χ1v) is 8.92. The van der Waals surface area contributed by atoms with Gasteiger partial charge in [0.1, 0.15) is 5.75 Å². The number of ether oxygens (including phenoxy) is 1. The molecule has 1 fully saturated rings. The number of methoxy groups -OCH3 is 1. The van der Waals surface area contributed by atoms with Crippen LogP contribution in [0.2, 0.25) is 0 Å². The Morgan fingerprint density at radius 3 is 2.44 bits per heavy atom. The largest absolute Gasteiger partial charge is 0.497 e. The van der Waals surface area contributed by atoms with E-state index in [4.69, 9.17) is 10.5 Å². The summed E-state index contributed by atoms with van der Waals surface area (Å²) in [5.74, 6) is 0.920. The quantitative estimate of drug-likeness (QED) is 0.788. The zero-order valence-electron chi connectivity index (χ0n) is 14.8. The second-order valence-corrected chi connectivity index (χ2v) is 6.76. The molecule has 1 aliphatic carbocycles. The van der Waals surface area contributed by atoms with Crippen LogP contribution in [0.1, 0.15) is 43.2 Å². The summed E-state index contributed by atoms with van der Waals surface area (Å²) in [5, 5.41) is 3.32. The van der Waals surface area contributed by atoms with Crippen molar-refractivity contribution in [3.8, 4) is 5.75 Å². The van der Waals surface area contributed by atoms with E-state index in [0.29, 0.717) is 12.8 Å². The second-order valence-electron chi connectivity index (χ2n) is 6.76. The summed E-state index contributed by atoms with van der Waals surface area (Å²) in [7, 11) is 1.66. The number of nitrogen functional groups attached to an aromatic ring is 1. The zero-order valence-corrected chi connectivity index (χ0v) is 14.8. The lowest BCUT2D eigenvalue weighted by Crippen LogP contribution is -2.43. The lowest BCUT2D eigenvalue weighted by atomic mass is 9.87. The molecule has 0 saturated heterocycles. The minimum Gasteiger partial charge on any atom is -0.497 e. The van der Waals surface area contributed by atoms with Crippen LogP contribution < -0.4 is 15.8 Å². The number of hydrogen-bond donors (Lipinski definition) is 2. The summed E-state index contributed by atoms with van der Waals surface area (Å²) in [4.78, 5) is 12.6. The Bertz CT molecular complexity index is 719. The Balaban J connectivity index is 1.68. The van der Waals surface area contributed by atoms with Crippen LogP contribution in [0, 0.1) is 0 Å². The van der Waals surface area contributed by atoms with Crippen LogP contribution >= 0.6 is 0 Å². The summed E-state index contributed by atoms with van der Waals surface area (Å²) in [6.45, 7) is 0. The Labute approximate surface area is 149 Å². The fourth-order valence-corrected chi connectivity index (χ4v) is 3.71. The van der Waals surface area contributed by atoms with E-state index < -0.39 is 0 Å². The van der Waals surface area contributed by atoms with E-state index in [0.717, 1.165) is 42.7 Å². The van der Waals surface area contributed by atoms with Crippen molar-refractivity contribution < 1.29 is 9.53 Å². The van der Waals surface area contributed by atoms with Crippen LogP contribution in [-0.4, -0.2) is 13.0 Å². The Hall–Kier alpha value is -2.49. The summed E-state index contributed by atoms with van der Waals surface area (Å²) in [5.41, 5.74) is 8.67. The molecule has 0 spiro atoms. The van der Waals surface area contributed by atoms with E-state index >= 15 is 0 Å². The predicted molar refractivity (Wildman–Crippen MR) is 100 cm³/mol. The Morgan fingerprint density at radius 2 is 1.80 bits per heavy atom. The van der Waals surface area contributed by atoms with Crippen LogP contribution in [0.5, 0.6) is 5.75 Å². The van der Waals surface area contributed by atoms with Crippen LogP contribution in [0.3, 0.4) is 0 Å². The number of aryl methyl sites for hydroxylation is 1. The van der Waals surface area contributed by atoms with Crippen molar-refractivity contribution in [2.45, 2.75) is 44.1 Å². The van der Waals surface area contributed by atoms with Gasteiger partial charge in [0.15, 0.2) is 0 Å². The number of amides is 1. The fourth-order valence-electron chi connectivity index (χ4n) is 3.71. The highest BCUT2D eigenvalue weighted by Gasteiger charge is 2.36. The molecule has 0 radical (unpaired) electrons. The topological polar surface area (TPSA) is 64.3 Å². The van der Waals surface area contributed by atoms with Gasteiger partial charge >= 0.3 is 0 Å². The van der Waals surface area contributed by atoms with Crippen molar-refractivity contribution in [2.75, 3.05) is 12.8 Å². The molecule has 2 aromatic carbocycles. The molecule has 1 saturated carbocycles. The number of nitrogens with one attached hydrogen (secondary N) is 1. The highest BCUT2D eigenvalue weighted by Crippen LogP contribution is 2.39. The van der Waals surface area contributed by atoms with Gasteiger partial charge in [-0.25, -0.2) is 0 Å². The van der Waals surface area contributed by atoms with E-state index in [1.807, 2.05) is 36.4 Å². The van der Waals surface area contributed by atoms with E-state index in [9.17, 15) is 4.79 Å². The molecule has 0 atom stereocenters. The minimum atomic E-state index is -0.244. The molecular weight excluding hydrogens is 312 g/mol. The number of rotatable bonds is 6. The molecule has 3 N–H and O–H groups in total. The van der Waals surface area contributed by atoms with Gasteiger partial charge in [0.25, 0.3) is 0 Å². The summed E-state index contributed by atoms with van der Waals surface area (Å²) >= 11 is 0. The lowest BCUT2D eigenvalue weighted by Gasteiger charge is -2.31. The normalized spacial score (nSPS) is 15.7. The maximum absolute atomic E-state index is 12.6. The summed E-state index contributed by atoms with van der Waals surface area (Å²) < 4.78 is 5.25. The minimum absolute atomic E-state index is 0.0842. The van der Waals surface area contributed by atoms with E-state index in [-0.39, 0.29) is 11.4 Å². The molecule has 25 heavy (non-hydrogen) atoms. The van der Waals surface area contributed by atoms with Crippen molar-refractivity contribution in [2.24, 2.45) is 0 Å². The molecule has 0 bridgehead atoms. The third-order valence-corrected chi connectivity index (χ3v) is 5.15. The van der Waals surface area contributed by atoms with Crippen molar-refractivity contribution in [3.05, 3.63) is 59.7 Å². The number of carbonyl (C=O) groups is 1. The van der Waals surface area contributed by atoms with Crippen LogP contribution in [-0.2, 0) is 16.8 Å². The molecule has 0 heterocycles. The first-order chi connectivity index (χ1) is 12.1. The van der Waals surface area contributed by atoms with Crippen molar-refractivity contribution in [1.29, 1.82) is 0 Å². The van der Waals surface area contributed by atoms with Gasteiger partial charge in [0.05, 0.1) is 12.6 Å². The van der Waals surface area contributed by atoms with Gasteiger partial charge in [-0.3, -0.25) is 4.79 Å². The molecule has 0 aliphatic heterocycles. The van der Waals surface area contributed by atoms with Crippen LogP contribution in [0.4, 0.5) is 5.69 Å². The number of carbonyl (C=O) groups excluding carboxylic acids is 1. The number of nitrogens with two attached hydrogens (primary N) is 1. The number of benzene rings is 2. The third-order valence-electron chi connectivity index (χ3n) is 5.15. The maximum atomic E-state index is 12.6. The molecule has 4 nitrogen and oxygen atoms in total. The molecule has 1 aliphatic rings. The van der Waals surface area contributed by atoms with E-state index in [2.05, 4.69) is 17.4 Å². The standard InChI is InChI=1S/C21H26N2O2/c1-25-18-11-9-17(10-12-18)21(14-4-5-15-21)23-20(24)13-8-16-6-2-3-7-19(16)22/h2-3,6-7,9-12H,4-5,8,13-15,22H2,1H3,(H,23,24). The average molecular weight is 338 g/mol. The van der Waals surface area contributed by atoms with Gasteiger partial charge in [0, 0.05) is 12.1 Å². The van der Waals surface area contributed by atoms with E-state index in [1.165, 1.54) is 5.56 Å². The number of para-hydroxylation sites is 1. The first kappa shape index (κ1) is 17.3. The summed E-state index contributed by atoms with van der Waals surface area (Å²) in [6.07, 6.45) is 5.36. The number of anilines is 1. The SMILES string of the molecule is COc1ccc(C2(NC(=O)CCc3ccccc3N)CCCC2)cc1. The second kappa shape index (κ2) is 7.60. The van der Waals surface area contributed by atoms with Gasteiger partial charge in [-0.1, -0.05) is 43.2 Å². The van der Waals surface area contributed by atoms with E-state index in [1.54, 1.807) is 7.11 Å². The maximum Gasteiger partial charge on any atom is 0.221 e. The molecular formula is C21H26N2O2. The molecule has 4 heteroatoms. The molecule has 0 unspecified atom stereocenters. The highest BCUT2D eigenvalue weighted by molar-refractivity contribution is 5.77. The summed E-state index contributed by atoms with van der Waals surface area (Å²) in [6, 6.07) is 15.8. The van der Waals surface area contributed by atoms with Gasteiger partial charge < -0.3 is 15.8 Å². The average Bonchev–Trinajstić information content (AvgIpc) is 3.10. The predicted octanol–water partition coefficient (Wildman–Crippen LogP) is 3.80. The zero-order chi connectivity index (χ0) is 17.7. The van der Waals surface area contributed by atoms with Gasteiger partial charge in [-0.05, 0) is 48.6 Å². The Kier molecular flexibility index (Phi) is 5.27. The molecule has 132 valence electrons. The van der Waals surface area contributed by atoms with Crippen molar-refractivity contribution in [1.82, 2.24) is 5.32 Å². The Morgan fingerprint density at radius 1 is 1.12 bits per heavy atom. The van der Waals surface area contributed by atoms with Crippen molar-refractivity contribution >= 4 is 11.6 Å². The number of hydrogen-bond acceptors (Lipinski definition) is 3. The lowest BCUT2D eigenvalue weighted by molar-refractivity contribution is -0.123.